The molecule has 0 fully saturated rings. The van der Waals surface area contributed by atoms with Crippen molar-refractivity contribution in [2.24, 2.45) is 0 Å². The maximum Gasteiger partial charge on any atom is 0.236 e. The second kappa shape index (κ2) is 3.94. The molecule has 1 aromatic rings. The number of halogens is 3. The van der Waals surface area contributed by atoms with E-state index in [1.54, 1.807) is 0 Å². The molecule has 0 aliphatic heterocycles. The first-order valence-corrected chi connectivity index (χ1v) is 6.52. The lowest BCUT2D eigenvalue weighted by molar-refractivity contribution is 0.607. The second-order valence-electron chi connectivity index (χ2n) is 2.43. The van der Waals surface area contributed by atoms with E-state index in [2.05, 4.69) is 15.9 Å². The lowest BCUT2D eigenvalue weighted by Gasteiger charge is -1.99. The number of rotatable bonds is 2. The Morgan fingerprint density at radius 1 is 1.46 bits per heavy atom. The van der Waals surface area contributed by atoms with Crippen LogP contribution in [0.3, 0.4) is 0 Å². The van der Waals surface area contributed by atoms with Crippen LogP contribution in [0.2, 0.25) is 0 Å². The van der Waals surface area contributed by atoms with E-state index in [1.807, 2.05) is 0 Å². The molecule has 72 valence electrons. The minimum Gasteiger partial charge on any atom is -0.212 e. The number of benzene rings is 1. The third-order valence-electron chi connectivity index (χ3n) is 1.32. The molecule has 0 aliphatic rings. The molecule has 0 saturated carbocycles. The monoisotopic (exact) mass is 286 g/mol. The third-order valence-corrected chi connectivity index (χ3v) is 2.97. The van der Waals surface area contributed by atoms with E-state index in [9.17, 15) is 12.8 Å². The van der Waals surface area contributed by atoms with Crippen molar-refractivity contribution in [3.8, 4) is 0 Å². The standard InChI is InChI=1S/C7H5BrClFO2S/c8-6-2-1-5(3-7(6)10)4-13(9,11)12/h1-3H,4H2. The van der Waals surface area contributed by atoms with Crippen molar-refractivity contribution in [1.82, 2.24) is 0 Å². The molecular formula is C7H5BrClFO2S. The number of hydrogen-bond donors (Lipinski definition) is 0. The lowest BCUT2D eigenvalue weighted by atomic mass is 10.2. The zero-order valence-corrected chi connectivity index (χ0v) is 9.46. The summed E-state index contributed by atoms with van der Waals surface area (Å²) in [6.45, 7) is 0. The van der Waals surface area contributed by atoms with Crippen LogP contribution in [0.25, 0.3) is 0 Å². The van der Waals surface area contributed by atoms with Gasteiger partial charge in [0.15, 0.2) is 0 Å². The van der Waals surface area contributed by atoms with Crippen molar-refractivity contribution in [2.45, 2.75) is 5.75 Å². The van der Waals surface area contributed by atoms with Crippen LogP contribution in [0.5, 0.6) is 0 Å². The van der Waals surface area contributed by atoms with Gasteiger partial charge in [-0.3, -0.25) is 0 Å². The van der Waals surface area contributed by atoms with Gasteiger partial charge in [-0.15, -0.1) is 0 Å². The fraction of sp³-hybridized carbons (Fsp3) is 0.143. The highest BCUT2D eigenvalue weighted by Gasteiger charge is 2.08. The van der Waals surface area contributed by atoms with Gasteiger partial charge in [-0.2, -0.15) is 0 Å². The van der Waals surface area contributed by atoms with E-state index in [4.69, 9.17) is 10.7 Å². The summed E-state index contributed by atoms with van der Waals surface area (Å²) in [5.41, 5.74) is 0.329. The molecule has 1 rings (SSSR count). The highest BCUT2D eigenvalue weighted by atomic mass is 79.9. The Morgan fingerprint density at radius 2 is 2.08 bits per heavy atom. The van der Waals surface area contributed by atoms with Gasteiger partial charge in [0.05, 0.1) is 10.2 Å². The smallest absolute Gasteiger partial charge is 0.212 e. The van der Waals surface area contributed by atoms with E-state index in [1.165, 1.54) is 12.1 Å². The van der Waals surface area contributed by atoms with Gasteiger partial charge in [0.1, 0.15) is 5.82 Å². The highest BCUT2D eigenvalue weighted by Crippen LogP contribution is 2.18. The molecule has 0 atom stereocenters. The third kappa shape index (κ3) is 3.62. The average molecular weight is 288 g/mol. The van der Waals surface area contributed by atoms with Gasteiger partial charge in [-0.1, -0.05) is 6.07 Å². The topological polar surface area (TPSA) is 34.1 Å². The largest absolute Gasteiger partial charge is 0.236 e. The molecule has 0 heterocycles. The summed E-state index contributed by atoms with van der Waals surface area (Å²) in [4.78, 5) is 0. The van der Waals surface area contributed by atoms with Gasteiger partial charge in [0.25, 0.3) is 0 Å². The molecule has 0 unspecified atom stereocenters. The summed E-state index contributed by atoms with van der Waals surface area (Å²) < 4.78 is 34.4. The summed E-state index contributed by atoms with van der Waals surface area (Å²) in [6.07, 6.45) is 0. The van der Waals surface area contributed by atoms with Crippen molar-refractivity contribution < 1.29 is 12.8 Å². The maximum atomic E-state index is 12.9. The van der Waals surface area contributed by atoms with Crippen LogP contribution in [-0.4, -0.2) is 8.42 Å². The van der Waals surface area contributed by atoms with E-state index in [-0.39, 0.29) is 5.75 Å². The van der Waals surface area contributed by atoms with Crippen LogP contribution in [0.15, 0.2) is 22.7 Å². The van der Waals surface area contributed by atoms with Crippen LogP contribution in [-0.2, 0) is 14.8 Å². The van der Waals surface area contributed by atoms with Gasteiger partial charge < -0.3 is 0 Å². The number of hydrogen-bond acceptors (Lipinski definition) is 2. The van der Waals surface area contributed by atoms with Gasteiger partial charge in [0, 0.05) is 10.7 Å². The summed E-state index contributed by atoms with van der Waals surface area (Å²) >= 11 is 2.95. The minimum absolute atomic E-state index is 0.295. The molecule has 1 aromatic carbocycles. The maximum absolute atomic E-state index is 12.9. The first-order valence-electron chi connectivity index (χ1n) is 3.25. The molecular weight excluding hydrogens is 282 g/mol. The van der Waals surface area contributed by atoms with Gasteiger partial charge in [-0.25, -0.2) is 12.8 Å². The molecule has 6 heteroatoms. The molecule has 0 spiro atoms. The van der Waals surface area contributed by atoms with Crippen molar-refractivity contribution in [3.05, 3.63) is 34.1 Å². The van der Waals surface area contributed by atoms with Gasteiger partial charge >= 0.3 is 0 Å². The Bertz CT molecular complexity index is 419. The fourth-order valence-corrected chi connectivity index (χ4v) is 2.03. The predicted molar refractivity (Wildman–Crippen MR) is 52.6 cm³/mol. The Hall–Kier alpha value is -0.130. The molecule has 0 amide bonds. The zero-order chi connectivity index (χ0) is 10.1. The van der Waals surface area contributed by atoms with Crippen LogP contribution < -0.4 is 0 Å². The van der Waals surface area contributed by atoms with Gasteiger partial charge in [-0.05, 0) is 33.6 Å². The van der Waals surface area contributed by atoms with Gasteiger partial charge in [0.2, 0.25) is 9.05 Å². The van der Waals surface area contributed by atoms with E-state index < -0.39 is 14.9 Å². The van der Waals surface area contributed by atoms with Crippen LogP contribution in [0, 0.1) is 5.82 Å². The fourth-order valence-electron chi connectivity index (χ4n) is 0.828. The summed E-state index contributed by atoms with van der Waals surface area (Å²) in [5, 5.41) is 0. The van der Waals surface area contributed by atoms with E-state index in [0.29, 0.717) is 10.0 Å². The SMILES string of the molecule is O=S(=O)(Cl)Cc1ccc(Br)c(F)c1. The quantitative estimate of drug-likeness (QED) is 0.784. The van der Waals surface area contributed by atoms with E-state index >= 15 is 0 Å². The Morgan fingerprint density at radius 3 is 2.54 bits per heavy atom. The predicted octanol–water partition coefficient (Wildman–Crippen LogP) is 2.66. The highest BCUT2D eigenvalue weighted by molar-refractivity contribution is 9.10. The normalized spacial score (nSPS) is 11.6. The summed E-state index contributed by atoms with van der Waals surface area (Å²) in [7, 11) is 1.38. The van der Waals surface area contributed by atoms with E-state index in [0.717, 1.165) is 6.07 Å². The zero-order valence-electron chi connectivity index (χ0n) is 6.30. The van der Waals surface area contributed by atoms with Crippen LogP contribution in [0.4, 0.5) is 4.39 Å². The van der Waals surface area contributed by atoms with Crippen molar-refractivity contribution in [1.29, 1.82) is 0 Å². The van der Waals surface area contributed by atoms with Crippen LogP contribution in [0.1, 0.15) is 5.56 Å². The molecule has 0 aliphatic carbocycles. The van der Waals surface area contributed by atoms with Crippen LogP contribution >= 0.6 is 26.6 Å². The lowest BCUT2D eigenvalue weighted by Crippen LogP contribution is -1.95. The molecule has 0 radical (unpaired) electrons. The average Bonchev–Trinajstić information content (AvgIpc) is 1.94. The second-order valence-corrected chi connectivity index (χ2v) is 6.06. The molecule has 0 bridgehead atoms. The first-order chi connectivity index (χ1) is 5.88. The minimum atomic E-state index is -3.62. The summed E-state index contributed by atoms with van der Waals surface area (Å²) in [5.74, 6) is -0.864. The Labute approximate surface area is 88.3 Å². The molecule has 2 nitrogen and oxygen atoms in total. The van der Waals surface area contributed by atoms with Crippen molar-refractivity contribution in [2.75, 3.05) is 0 Å². The molecule has 0 saturated heterocycles. The summed E-state index contributed by atoms with van der Waals surface area (Å²) in [6, 6.07) is 4.06. The van der Waals surface area contributed by atoms with Crippen molar-refractivity contribution >= 4 is 35.7 Å². The molecule has 0 aromatic heterocycles. The molecule has 0 N–H and O–H groups in total. The molecule has 13 heavy (non-hydrogen) atoms. The van der Waals surface area contributed by atoms with Crippen molar-refractivity contribution in [3.63, 3.8) is 0 Å². The first kappa shape index (κ1) is 10.9. The Kier molecular flexibility index (Phi) is 3.32. The Balaban J connectivity index is 2.99.